The van der Waals surface area contributed by atoms with Gasteiger partial charge in [0, 0.05) is 19.3 Å². The lowest BCUT2D eigenvalue weighted by molar-refractivity contribution is 0.0440. The summed E-state index contributed by atoms with van der Waals surface area (Å²) in [6.45, 7) is 0.158. The molecule has 4 N–H and O–H groups in total. The number of aromatic nitrogens is 1. The van der Waals surface area contributed by atoms with Gasteiger partial charge in [0.2, 0.25) is 0 Å². The molecule has 2 aromatic heterocycles. The number of ether oxygens (including phenoxy) is 1. The molecular weight excluding hydrogens is 522 g/mol. The number of carboxylic acid groups (broad SMARTS) is 1. The molecular formula is C27H23N5O6S. The van der Waals surface area contributed by atoms with Gasteiger partial charge in [-0.1, -0.05) is 18.2 Å². The van der Waals surface area contributed by atoms with E-state index in [0.717, 1.165) is 16.2 Å². The number of rotatable bonds is 5. The van der Waals surface area contributed by atoms with E-state index in [9.17, 15) is 24.6 Å². The molecule has 2 aliphatic rings. The fraction of sp³-hybridized carbons (Fsp3) is 0.185. The fourth-order valence-corrected chi connectivity index (χ4v) is 5.80. The number of pyridine rings is 1. The van der Waals surface area contributed by atoms with Crippen LogP contribution in [-0.4, -0.2) is 63.4 Å². The average molecular weight is 546 g/mol. The van der Waals surface area contributed by atoms with Gasteiger partial charge < -0.3 is 30.5 Å². The van der Waals surface area contributed by atoms with E-state index in [2.05, 4.69) is 15.6 Å². The molecule has 2 atom stereocenters. The highest BCUT2D eigenvalue weighted by Gasteiger charge is 2.35. The number of piperidine rings is 1. The van der Waals surface area contributed by atoms with E-state index < -0.39 is 30.2 Å². The number of hydrogen-bond acceptors (Lipinski definition) is 7. The Kier molecular flexibility index (Phi) is 6.25. The SMILES string of the molecule is O=C(NC1CN(C(=O)O)CCC1O)c1sc2nccc3c2c1NC(=O)N3c1ccc(Oc2ccccc2)cc1. The van der Waals surface area contributed by atoms with E-state index in [0.29, 0.717) is 38.8 Å². The van der Waals surface area contributed by atoms with Crippen LogP contribution in [0.25, 0.3) is 10.2 Å². The molecule has 4 heterocycles. The zero-order valence-electron chi connectivity index (χ0n) is 20.4. The van der Waals surface area contributed by atoms with Crippen molar-refractivity contribution in [1.82, 2.24) is 15.2 Å². The summed E-state index contributed by atoms with van der Waals surface area (Å²) in [6, 6.07) is 16.9. The highest BCUT2D eigenvalue weighted by atomic mass is 32.1. The van der Waals surface area contributed by atoms with E-state index in [1.165, 1.54) is 4.90 Å². The second-order valence-electron chi connectivity index (χ2n) is 9.16. The quantitative estimate of drug-likeness (QED) is 0.287. The van der Waals surface area contributed by atoms with Gasteiger partial charge in [0.15, 0.2) is 0 Å². The Bertz CT molecular complexity index is 1580. The summed E-state index contributed by atoms with van der Waals surface area (Å²) in [7, 11) is 0. The molecule has 12 heteroatoms. The van der Waals surface area contributed by atoms with Crippen LogP contribution in [0.15, 0.2) is 66.9 Å². The first kappa shape index (κ1) is 24.6. The molecule has 11 nitrogen and oxygen atoms in total. The summed E-state index contributed by atoms with van der Waals surface area (Å²) in [5, 5.41) is 25.9. The van der Waals surface area contributed by atoms with Gasteiger partial charge in [0.25, 0.3) is 5.91 Å². The van der Waals surface area contributed by atoms with Crippen LogP contribution in [0.4, 0.5) is 26.7 Å². The molecule has 1 fully saturated rings. The Labute approximate surface area is 226 Å². The molecule has 6 rings (SSSR count). The highest BCUT2D eigenvalue weighted by Crippen LogP contribution is 2.45. The van der Waals surface area contributed by atoms with Crippen molar-refractivity contribution in [2.45, 2.75) is 18.6 Å². The summed E-state index contributed by atoms with van der Waals surface area (Å²) in [5.41, 5.74) is 1.50. The summed E-state index contributed by atoms with van der Waals surface area (Å²) in [4.78, 5) is 45.8. The van der Waals surface area contributed by atoms with E-state index in [1.807, 2.05) is 30.3 Å². The number of nitrogens with one attached hydrogen (secondary N) is 2. The van der Waals surface area contributed by atoms with Gasteiger partial charge in [-0.05, 0) is 48.9 Å². The fourth-order valence-electron chi connectivity index (χ4n) is 4.78. The minimum absolute atomic E-state index is 0.0317. The molecule has 2 unspecified atom stereocenters. The minimum Gasteiger partial charge on any atom is -0.465 e. The number of para-hydroxylation sites is 1. The molecule has 198 valence electrons. The molecule has 1 saturated heterocycles. The zero-order chi connectivity index (χ0) is 27.1. The average Bonchev–Trinajstić information content (AvgIpc) is 3.31. The maximum Gasteiger partial charge on any atom is 0.407 e. The summed E-state index contributed by atoms with van der Waals surface area (Å²) in [6.07, 6.45) is -0.210. The van der Waals surface area contributed by atoms with Gasteiger partial charge >= 0.3 is 12.1 Å². The second kappa shape index (κ2) is 9.89. The van der Waals surface area contributed by atoms with Gasteiger partial charge in [-0.2, -0.15) is 0 Å². The van der Waals surface area contributed by atoms with Crippen molar-refractivity contribution in [3.63, 3.8) is 0 Å². The lowest BCUT2D eigenvalue weighted by Gasteiger charge is -2.35. The Hall–Kier alpha value is -4.68. The first-order valence-corrected chi connectivity index (χ1v) is 13.0. The number of carbonyl (C=O) groups excluding carboxylic acids is 2. The number of likely N-dealkylation sites (tertiary alicyclic amines) is 1. The number of anilines is 3. The molecule has 39 heavy (non-hydrogen) atoms. The Morgan fingerprint density at radius 2 is 1.82 bits per heavy atom. The molecule has 0 aliphatic carbocycles. The van der Waals surface area contributed by atoms with Crippen LogP contribution in [-0.2, 0) is 0 Å². The maximum absolute atomic E-state index is 13.3. The minimum atomic E-state index is -1.11. The van der Waals surface area contributed by atoms with Crippen LogP contribution in [0, 0.1) is 0 Å². The van der Waals surface area contributed by atoms with Crippen LogP contribution in [0.3, 0.4) is 0 Å². The third kappa shape index (κ3) is 4.60. The van der Waals surface area contributed by atoms with Crippen LogP contribution in [0.2, 0.25) is 0 Å². The molecule has 0 bridgehead atoms. The largest absolute Gasteiger partial charge is 0.465 e. The molecule has 2 aromatic carbocycles. The number of urea groups is 1. The number of nitrogens with zero attached hydrogens (tertiary/aromatic N) is 3. The van der Waals surface area contributed by atoms with Crippen LogP contribution in [0.5, 0.6) is 11.5 Å². The zero-order valence-corrected chi connectivity index (χ0v) is 21.2. The Morgan fingerprint density at radius 1 is 1.08 bits per heavy atom. The molecule has 2 aliphatic heterocycles. The van der Waals surface area contributed by atoms with E-state index >= 15 is 0 Å². The van der Waals surface area contributed by atoms with Gasteiger partial charge in [-0.15, -0.1) is 11.3 Å². The number of hydrogen-bond donors (Lipinski definition) is 4. The van der Waals surface area contributed by atoms with Crippen molar-refractivity contribution in [2.75, 3.05) is 23.3 Å². The summed E-state index contributed by atoms with van der Waals surface area (Å²) < 4.78 is 5.86. The summed E-state index contributed by atoms with van der Waals surface area (Å²) in [5.74, 6) is 0.789. The van der Waals surface area contributed by atoms with Gasteiger partial charge in [-0.25, -0.2) is 14.6 Å². The number of aliphatic hydroxyl groups excluding tert-OH is 1. The van der Waals surface area contributed by atoms with E-state index in [-0.39, 0.29) is 24.4 Å². The van der Waals surface area contributed by atoms with Crippen molar-refractivity contribution in [2.24, 2.45) is 0 Å². The Balaban J connectivity index is 1.28. The highest BCUT2D eigenvalue weighted by molar-refractivity contribution is 7.21. The second-order valence-corrected chi connectivity index (χ2v) is 10.2. The number of benzene rings is 2. The van der Waals surface area contributed by atoms with Crippen molar-refractivity contribution in [3.8, 4) is 11.5 Å². The predicted octanol–water partition coefficient (Wildman–Crippen LogP) is 4.62. The standard InChI is InChI=1S/C27H23N5O6S/c33-20-11-13-31(27(36)37)14-18(20)29-24(34)23-22-21-19(10-12-28-25(21)39-23)32(26(35)30-22)15-6-8-17(9-7-15)38-16-4-2-1-3-5-16/h1-10,12,18,20,33H,11,13-14H2,(H,29,34)(H,30,35)(H,36,37). The van der Waals surface area contributed by atoms with Gasteiger partial charge in [0.05, 0.1) is 34.6 Å². The molecule has 4 amide bonds. The smallest absolute Gasteiger partial charge is 0.407 e. The third-order valence-electron chi connectivity index (χ3n) is 6.69. The topological polar surface area (TPSA) is 144 Å². The maximum atomic E-state index is 13.3. The van der Waals surface area contributed by atoms with Crippen molar-refractivity contribution < 1.29 is 29.3 Å². The number of amides is 4. The normalized spacial score (nSPS) is 18.5. The van der Waals surface area contributed by atoms with Gasteiger partial charge in [-0.3, -0.25) is 9.69 Å². The third-order valence-corrected chi connectivity index (χ3v) is 7.79. The predicted molar refractivity (Wildman–Crippen MR) is 145 cm³/mol. The van der Waals surface area contributed by atoms with Crippen LogP contribution < -0.4 is 20.3 Å². The molecule has 0 spiro atoms. The monoisotopic (exact) mass is 545 g/mol. The van der Waals surface area contributed by atoms with Crippen LogP contribution >= 0.6 is 11.3 Å². The first-order chi connectivity index (χ1) is 18.9. The van der Waals surface area contributed by atoms with Crippen LogP contribution in [0.1, 0.15) is 16.1 Å². The number of aliphatic hydroxyl groups is 1. The van der Waals surface area contributed by atoms with Gasteiger partial charge in [0.1, 0.15) is 21.2 Å². The number of thiophene rings is 1. The number of carbonyl (C=O) groups is 3. The molecule has 0 radical (unpaired) electrons. The summed E-state index contributed by atoms with van der Waals surface area (Å²) >= 11 is 1.11. The lowest BCUT2D eigenvalue weighted by Crippen LogP contribution is -2.56. The van der Waals surface area contributed by atoms with Crippen molar-refractivity contribution >= 4 is 56.6 Å². The van der Waals surface area contributed by atoms with E-state index in [4.69, 9.17) is 4.74 Å². The van der Waals surface area contributed by atoms with Crippen molar-refractivity contribution in [1.29, 1.82) is 0 Å². The van der Waals surface area contributed by atoms with Crippen molar-refractivity contribution in [3.05, 3.63) is 71.7 Å². The molecule has 4 aromatic rings. The van der Waals surface area contributed by atoms with E-state index in [1.54, 1.807) is 36.5 Å². The Morgan fingerprint density at radius 3 is 2.56 bits per heavy atom. The first-order valence-electron chi connectivity index (χ1n) is 12.2. The lowest BCUT2D eigenvalue weighted by atomic mass is 10.0. The molecule has 0 saturated carbocycles.